The first-order valence-electron chi connectivity index (χ1n) is 7.45. The van der Waals surface area contributed by atoms with Gasteiger partial charge in [0.25, 0.3) is 0 Å². The van der Waals surface area contributed by atoms with Crippen molar-refractivity contribution in [2.75, 3.05) is 13.1 Å². The molecule has 1 N–H and O–H groups in total. The molecule has 1 nitrogen and oxygen atoms in total. The van der Waals surface area contributed by atoms with E-state index in [4.69, 9.17) is 0 Å². The molecule has 0 saturated heterocycles. The molecule has 0 bridgehead atoms. The average Bonchev–Trinajstić information content (AvgIpc) is 2.78. The van der Waals surface area contributed by atoms with Crippen LogP contribution in [-0.4, -0.2) is 13.1 Å². The molecule has 0 atom stereocenters. The molecule has 0 spiro atoms. The van der Waals surface area contributed by atoms with Gasteiger partial charge >= 0.3 is 0 Å². The molecule has 2 rings (SSSR count). The van der Waals surface area contributed by atoms with Gasteiger partial charge in [-0.1, -0.05) is 57.0 Å². The van der Waals surface area contributed by atoms with Crippen LogP contribution in [0.2, 0.25) is 0 Å². The monoisotopic (exact) mass is 245 g/mol. The van der Waals surface area contributed by atoms with Gasteiger partial charge in [0.05, 0.1) is 0 Å². The van der Waals surface area contributed by atoms with E-state index in [0.717, 1.165) is 12.5 Å². The fourth-order valence-corrected chi connectivity index (χ4v) is 3.20. The van der Waals surface area contributed by atoms with Crippen LogP contribution in [0, 0.1) is 11.3 Å². The Labute approximate surface area is 112 Å². The van der Waals surface area contributed by atoms with Crippen LogP contribution in [-0.2, 0) is 6.42 Å². The number of hydrogen-bond acceptors (Lipinski definition) is 1. The molecule has 0 aromatic heterocycles. The van der Waals surface area contributed by atoms with E-state index >= 15 is 0 Å². The fraction of sp³-hybridized carbons (Fsp3) is 0.647. The Morgan fingerprint density at radius 1 is 1.11 bits per heavy atom. The van der Waals surface area contributed by atoms with Crippen LogP contribution >= 0.6 is 0 Å². The molecular formula is C17H27N. The topological polar surface area (TPSA) is 12.0 Å². The molecule has 1 aromatic carbocycles. The minimum atomic E-state index is 0.524. The molecule has 0 aliphatic heterocycles. The van der Waals surface area contributed by atoms with Crippen molar-refractivity contribution in [1.29, 1.82) is 0 Å². The first-order valence-corrected chi connectivity index (χ1v) is 7.45. The van der Waals surface area contributed by atoms with Crippen molar-refractivity contribution < 1.29 is 0 Å². The van der Waals surface area contributed by atoms with E-state index in [-0.39, 0.29) is 0 Å². The highest BCUT2D eigenvalue weighted by molar-refractivity contribution is 5.17. The van der Waals surface area contributed by atoms with Gasteiger partial charge in [-0.25, -0.2) is 0 Å². The van der Waals surface area contributed by atoms with Crippen molar-refractivity contribution in [3.8, 4) is 0 Å². The number of benzene rings is 1. The molecule has 1 aromatic rings. The zero-order chi connectivity index (χ0) is 12.8. The molecular weight excluding hydrogens is 218 g/mol. The lowest BCUT2D eigenvalue weighted by Gasteiger charge is -2.30. The summed E-state index contributed by atoms with van der Waals surface area (Å²) in [6.07, 6.45) is 6.87. The minimum Gasteiger partial charge on any atom is -0.316 e. The van der Waals surface area contributed by atoms with Crippen molar-refractivity contribution in [1.82, 2.24) is 5.32 Å². The predicted octanol–water partition coefficient (Wildman–Crippen LogP) is 4.04. The first-order chi connectivity index (χ1) is 8.70. The molecule has 18 heavy (non-hydrogen) atoms. The van der Waals surface area contributed by atoms with E-state index in [2.05, 4.69) is 49.5 Å². The molecule has 1 heteroatoms. The van der Waals surface area contributed by atoms with Gasteiger partial charge in [0.2, 0.25) is 0 Å². The molecule has 0 heterocycles. The van der Waals surface area contributed by atoms with Crippen LogP contribution in [0.15, 0.2) is 30.3 Å². The maximum atomic E-state index is 3.69. The summed E-state index contributed by atoms with van der Waals surface area (Å²) in [5.41, 5.74) is 2.03. The Balaban J connectivity index is 1.94. The third kappa shape index (κ3) is 3.84. The molecule has 100 valence electrons. The fourth-order valence-electron chi connectivity index (χ4n) is 3.20. The van der Waals surface area contributed by atoms with Gasteiger partial charge < -0.3 is 5.32 Å². The van der Waals surface area contributed by atoms with Gasteiger partial charge in [0, 0.05) is 6.54 Å². The third-order valence-corrected chi connectivity index (χ3v) is 4.14. The van der Waals surface area contributed by atoms with Gasteiger partial charge in [-0.05, 0) is 42.7 Å². The molecule has 0 unspecified atom stereocenters. The molecule has 0 radical (unpaired) electrons. The second-order valence-corrected chi connectivity index (χ2v) is 6.39. The first kappa shape index (κ1) is 13.6. The third-order valence-electron chi connectivity index (χ3n) is 4.14. The van der Waals surface area contributed by atoms with Crippen LogP contribution in [0.5, 0.6) is 0 Å². The highest BCUT2D eigenvalue weighted by Crippen LogP contribution is 2.40. The van der Waals surface area contributed by atoms with E-state index < -0.39 is 0 Å². The Morgan fingerprint density at radius 3 is 2.39 bits per heavy atom. The van der Waals surface area contributed by atoms with Crippen molar-refractivity contribution in [3.63, 3.8) is 0 Å². The Morgan fingerprint density at radius 2 is 1.78 bits per heavy atom. The summed E-state index contributed by atoms with van der Waals surface area (Å²) in [5.74, 6) is 0.750. The van der Waals surface area contributed by atoms with E-state index in [1.807, 2.05) is 0 Å². The SMILES string of the molecule is CC(C)CNCC1(Cc2ccccc2)CCCC1. The summed E-state index contributed by atoms with van der Waals surface area (Å²) >= 11 is 0. The maximum absolute atomic E-state index is 3.69. The lowest BCUT2D eigenvalue weighted by atomic mass is 9.80. The van der Waals surface area contributed by atoms with Gasteiger partial charge in [0.1, 0.15) is 0 Å². The summed E-state index contributed by atoms with van der Waals surface area (Å²) in [5, 5.41) is 3.69. The largest absolute Gasteiger partial charge is 0.316 e. The standard InChI is InChI=1S/C17H27N/c1-15(2)13-18-14-17(10-6-7-11-17)12-16-8-4-3-5-9-16/h3-5,8-9,15,18H,6-7,10-14H2,1-2H3. The van der Waals surface area contributed by atoms with Crippen LogP contribution < -0.4 is 5.32 Å². The van der Waals surface area contributed by atoms with Crippen molar-refractivity contribution in [3.05, 3.63) is 35.9 Å². The van der Waals surface area contributed by atoms with Gasteiger partial charge in [-0.3, -0.25) is 0 Å². The molecule has 1 aliphatic carbocycles. The Hall–Kier alpha value is -0.820. The smallest absolute Gasteiger partial charge is 0.00111 e. The summed E-state index contributed by atoms with van der Waals surface area (Å²) in [4.78, 5) is 0. The Kier molecular flexibility index (Phi) is 4.82. The van der Waals surface area contributed by atoms with Crippen LogP contribution in [0.3, 0.4) is 0 Å². The van der Waals surface area contributed by atoms with Gasteiger partial charge in [-0.2, -0.15) is 0 Å². The zero-order valence-electron chi connectivity index (χ0n) is 11.9. The van der Waals surface area contributed by atoms with Crippen LogP contribution in [0.25, 0.3) is 0 Å². The predicted molar refractivity (Wildman–Crippen MR) is 78.8 cm³/mol. The normalized spacial score (nSPS) is 18.4. The van der Waals surface area contributed by atoms with Crippen molar-refractivity contribution in [2.45, 2.75) is 46.0 Å². The maximum Gasteiger partial charge on any atom is 0.00111 e. The number of hydrogen-bond donors (Lipinski definition) is 1. The van der Waals surface area contributed by atoms with E-state index in [9.17, 15) is 0 Å². The summed E-state index contributed by atoms with van der Waals surface area (Å²) in [7, 11) is 0. The number of rotatable bonds is 6. The van der Waals surface area contributed by atoms with E-state index in [0.29, 0.717) is 5.41 Å². The Bertz CT molecular complexity index is 336. The highest BCUT2D eigenvalue weighted by Gasteiger charge is 2.33. The van der Waals surface area contributed by atoms with E-state index in [1.165, 1.54) is 44.2 Å². The van der Waals surface area contributed by atoms with Crippen LogP contribution in [0.4, 0.5) is 0 Å². The highest BCUT2D eigenvalue weighted by atomic mass is 14.9. The molecule has 1 aliphatic rings. The minimum absolute atomic E-state index is 0.524. The number of nitrogens with one attached hydrogen (secondary N) is 1. The summed E-state index contributed by atoms with van der Waals surface area (Å²) in [6, 6.07) is 11.0. The second-order valence-electron chi connectivity index (χ2n) is 6.39. The van der Waals surface area contributed by atoms with Crippen molar-refractivity contribution >= 4 is 0 Å². The second kappa shape index (κ2) is 6.38. The quantitative estimate of drug-likeness (QED) is 0.797. The summed E-state index contributed by atoms with van der Waals surface area (Å²) in [6.45, 7) is 6.91. The van der Waals surface area contributed by atoms with Gasteiger partial charge in [-0.15, -0.1) is 0 Å². The average molecular weight is 245 g/mol. The summed E-state index contributed by atoms with van der Waals surface area (Å²) < 4.78 is 0. The lowest BCUT2D eigenvalue weighted by Crippen LogP contribution is -2.35. The van der Waals surface area contributed by atoms with Crippen molar-refractivity contribution in [2.24, 2.45) is 11.3 Å². The van der Waals surface area contributed by atoms with Crippen LogP contribution in [0.1, 0.15) is 45.1 Å². The molecule has 1 fully saturated rings. The molecule has 1 saturated carbocycles. The lowest BCUT2D eigenvalue weighted by molar-refractivity contribution is 0.273. The van der Waals surface area contributed by atoms with Gasteiger partial charge in [0.15, 0.2) is 0 Å². The van der Waals surface area contributed by atoms with E-state index in [1.54, 1.807) is 0 Å². The zero-order valence-corrected chi connectivity index (χ0v) is 11.9. The molecule has 0 amide bonds.